The van der Waals surface area contributed by atoms with Crippen molar-refractivity contribution in [3.63, 3.8) is 0 Å². The summed E-state index contributed by atoms with van der Waals surface area (Å²) in [4.78, 5) is 0. The molecule has 4 heteroatoms. The Morgan fingerprint density at radius 3 is 1.12 bits per heavy atom. The van der Waals surface area contributed by atoms with Gasteiger partial charge in [0.2, 0.25) is 0 Å². The van der Waals surface area contributed by atoms with Crippen LogP contribution in [0.25, 0.3) is 0 Å². The maximum Gasteiger partial charge on any atom is 0.152 e. The van der Waals surface area contributed by atoms with E-state index in [0.29, 0.717) is 0 Å². The highest BCUT2D eigenvalue weighted by molar-refractivity contribution is 6.98. The van der Waals surface area contributed by atoms with Crippen molar-refractivity contribution < 1.29 is 0 Å². The zero-order chi connectivity index (χ0) is 13.6. The van der Waals surface area contributed by atoms with Gasteiger partial charge in [0, 0.05) is 0 Å². The Labute approximate surface area is 110 Å². The second-order valence-corrected chi connectivity index (χ2v) is 23.1. The molecule has 17 heavy (non-hydrogen) atoms. The highest BCUT2D eigenvalue weighted by Gasteiger charge is 2.31. The predicted octanol–water partition coefficient (Wildman–Crippen LogP) is 3.26. The van der Waals surface area contributed by atoms with Crippen molar-refractivity contribution in [2.45, 2.75) is 58.9 Å². The third-order valence-corrected chi connectivity index (χ3v) is 9.30. The molecule has 0 aliphatic rings. The first-order chi connectivity index (χ1) is 7.33. The molecule has 0 saturated carbocycles. The molecular formula is C13H29NSi3. The van der Waals surface area contributed by atoms with E-state index in [1.54, 1.807) is 10.4 Å². The maximum absolute atomic E-state index is 2.56. The quantitative estimate of drug-likeness (QED) is 0.751. The molecule has 1 aromatic rings. The van der Waals surface area contributed by atoms with E-state index in [2.05, 4.69) is 75.5 Å². The van der Waals surface area contributed by atoms with Gasteiger partial charge in [0.05, 0.1) is 16.1 Å². The zero-order valence-corrected chi connectivity index (χ0v) is 16.1. The average Bonchev–Trinajstić information content (AvgIpc) is 2.42. The zero-order valence-electron chi connectivity index (χ0n) is 13.1. The van der Waals surface area contributed by atoms with Gasteiger partial charge in [-0.25, -0.2) is 0 Å². The van der Waals surface area contributed by atoms with Crippen molar-refractivity contribution >= 4 is 34.8 Å². The summed E-state index contributed by atoms with van der Waals surface area (Å²) in [5.74, 6) is 0. The van der Waals surface area contributed by atoms with E-state index in [1.165, 1.54) is 0 Å². The average molecular weight is 284 g/mol. The fraction of sp³-hybridized carbons (Fsp3) is 0.692. The lowest BCUT2D eigenvalue weighted by Gasteiger charge is -2.23. The number of rotatable bonds is 3. The van der Waals surface area contributed by atoms with Gasteiger partial charge < -0.3 is 4.23 Å². The topological polar surface area (TPSA) is 4.93 Å². The van der Waals surface area contributed by atoms with E-state index >= 15 is 0 Å². The Morgan fingerprint density at radius 2 is 0.941 bits per heavy atom. The number of hydrogen-bond donors (Lipinski definition) is 0. The molecule has 1 heterocycles. The Bertz CT molecular complexity index is 368. The van der Waals surface area contributed by atoms with E-state index in [4.69, 9.17) is 0 Å². The van der Waals surface area contributed by atoms with Crippen molar-refractivity contribution in [1.82, 2.24) is 4.23 Å². The largest absolute Gasteiger partial charge is 0.381 e. The van der Waals surface area contributed by atoms with Crippen molar-refractivity contribution in [3.8, 4) is 0 Å². The van der Waals surface area contributed by atoms with Crippen LogP contribution < -0.4 is 10.4 Å². The molecule has 1 nitrogen and oxygen atoms in total. The summed E-state index contributed by atoms with van der Waals surface area (Å²) < 4.78 is 2.56. The standard InChI is InChI=1S/C13H29NSi3/c1-15(2,3)12-10-14(17(7,8)9)11-13(12)16(4,5)6/h10-11H,1-9H3. The normalized spacial score (nSPS) is 14.2. The van der Waals surface area contributed by atoms with Gasteiger partial charge in [0.25, 0.3) is 0 Å². The molecule has 0 atom stereocenters. The Hall–Kier alpha value is -0.0694. The van der Waals surface area contributed by atoms with Gasteiger partial charge in [-0.1, -0.05) is 58.9 Å². The third-order valence-electron chi connectivity index (χ3n) is 3.22. The molecule has 0 fully saturated rings. The molecule has 0 saturated heterocycles. The summed E-state index contributed by atoms with van der Waals surface area (Å²) in [6.45, 7) is 22.1. The van der Waals surface area contributed by atoms with Gasteiger partial charge in [-0.2, -0.15) is 0 Å². The van der Waals surface area contributed by atoms with E-state index in [9.17, 15) is 0 Å². The summed E-state index contributed by atoms with van der Waals surface area (Å²) in [6.07, 6.45) is 4.98. The first-order valence-corrected chi connectivity index (χ1v) is 17.0. The van der Waals surface area contributed by atoms with Crippen molar-refractivity contribution in [3.05, 3.63) is 12.4 Å². The van der Waals surface area contributed by atoms with Gasteiger partial charge in [-0.15, -0.1) is 0 Å². The fourth-order valence-corrected chi connectivity index (χ4v) is 8.38. The van der Waals surface area contributed by atoms with Crippen LogP contribution in [-0.2, 0) is 0 Å². The van der Waals surface area contributed by atoms with Crippen molar-refractivity contribution in [2.24, 2.45) is 0 Å². The lowest BCUT2D eigenvalue weighted by atomic mass is 10.6. The van der Waals surface area contributed by atoms with Gasteiger partial charge in [-0.05, 0) is 22.8 Å². The fourth-order valence-electron chi connectivity index (χ4n) is 2.04. The van der Waals surface area contributed by atoms with E-state index in [-0.39, 0.29) is 0 Å². The minimum Gasteiger partial charge on any atom is -0.381 e. The monoisotopic (exact) mass is 283 g/mol. The summed E-state index contributed by atoms with van der Waals surface area (Å²) in [6, 6.07) is 0. The third kappa shape index (κ3) is 3.45. The summed E-state index contributed by atoms with van der Waals surface area (Å²) in [5.41, 5.74) is 0. The Morgan fingerprint density at radius 1 is 0.647 bits per heavy atom. The lowest BCUT2D eigenvalue weighted by molar-refractivity contribution is 1.16. The van der Waals surface area contributed by atoms with Crippen LogP contribution in [0.2, 0.25) is 58.9 Å². The number of nitrogens with zero attached hydrogens (tertiary/aromatic N) is 1. The van der Waals surface area contributed by atoms with Crippen LogP contribution >= 0.6 is 0 Å². The summed E-state index contributed by atoms with van der Waals surface area (Å²) in [7, 11) is -3.66. The Balaban J connectivity index is 3.44. The molecule has 0 amide bonds. The van der Waals surface area contributed by atoms with Crippen LogP contribution in [0.4, 0.5) is 0 Å². The van der Waals surface area contributed by atoms with Crippen molar-refractivity contribution in [2.75, 3.05) is 0 Å². The SMILES string of the molecule is C[Si](C)(C)c1cn([Si](C)(C)C)cc1[Si](C)(C)C. The van der Waals surface area contributed by atoms with E-state index < -0.39 is 24.4 Å². The van der Waals surface area contributed by atoms with Crippen LogP contribution in [0.1, 0.15) is 0 Å². The molecule has 0 spiro atoms. The molecular weight excluding hydrogens is 254 g/mol. The van der Waals surface area contributed by atoms with Gasteiger partial charge in [-0.3, -0.25) is 0 Å². The molecule has 1 aromatic heterocycles. The number of aromatic nitrogens is 1. The summed E-state index contributed by atoms with van der Waals surface area (Å²) >= 11 is 0. The second kappa shape index (κ2) is 4.24. The van der Waals surface area contributed by atoms with Gasteiger partial charge >= 0.3 is 0 Å². The molecule has 0 unspecified atom stereocenters. The highest BCUT2D eigenvalue weighted by atomic mass is 28.3. The minimum absolute atomic E-state index is 1.21. The van der Waals surface area contributed by atoms with E-state index in [1.807, 2.05) is 0 Å². The van der Waals surface area contributed by atoms with Crippen LogP contribution in [0.5, 0.6) is 0 Å². The van der Waals surface area contributed by atoms with Gasteiger partial charge in [0.15, 0.2) is 8.24 Å². The lowest BCUT2D eigenvalue weighted by Crippen LogP contribution is -2.54. The molecule has 1 rings (SSSR count). The van der Waals surface area contributed by atoms with Crippen LogP contribution in [0, 0.1) is 0 Å². The molecule has 0 radical (unpaired) electrons. The molecule has 0 N–H and O–H groups in total. The molecule has 98 valence electrons. The number of hydrogen-bond acceptors (Lipinski definition) is 0. The highest BCUT2D eigenvalue weighted by Crippen LogP contribution is 2.12. The molecule has 0 aliphatic carbocycles. The molecule has 0 aliphatic heterocycles. The summed E-state index contributed by atoms with van der Waals surface area (Å²) in [5, 5.41) is 3.41. The maximum atomic E-state index is 2.56. The van der Waals surface area contributed by atoms with Crippen LogP contribution in [0.15, 0.2) is 12.4 Å². The smallest absolute Gasteiger partial charge is 0.152 e. The van der Waals surface area contributed by atoms with Gasteiger partial charge in [0.1, 0.15) is 0 Å². The van der Waals surface area contributed by atoms with Crippen LogP contribution in [0.3, 0.4) is 0 Å². The van der Waals surface area contributed by atoms with Crippen LogP contribution in [-0.4, -0.2) is 28.6 Å². The first kappa shape index (κ1) is 15.0. The molecule has 0 bridgehead atoms. The second-order valence-electron chi connectivity index (χ2n) is 8.16. The predicted molar refractivity (Wildman–Crippen MR) is 89.1 cm³/mol. The van der Waals surface area contributed by atoms with Crippen molar-refractivity contribution in [1.29, 1.82) is 0 Å². The minimum atomic E-state index is -1.24. The Kier molecular flexibility index (Phi) is 3.74. The first-order valence-electron chi connectivity index (χ1n) is 6.57. The van der Waals surface area contributed by atoms with E-state index in [0.717, 1.165) is 0 Å². The molecule has 0 aromatic carbocycles.